The topological polar surface area (TPSA) is 86.8 Å². The minimum absolute atomic E-state index is 0.0217. The molecule has 2 amide bonds. The van der Waals surface area contributed by atoms with Crippen molar-refractivity contribution in [1.82, 2.24) is 10.2 Å². The van der Waals surface area contributed by atoms with E-state index in [1.54, 1.807) is 54.6 Å². The second kappa shape index (κ2) is 14.1. The maximum Gasteiger partial charge on any atom is 0.264 e. The monoisotopic (exact) mass is 629 g/mol. The fourth-order valence-corrected chi connectivity index (χ4v) is 6.31. The molecule has 0 aromatic heterocycles. The molecule has 0 aliphatic carbocycles. The summed E-state index contributed by atoms with van der Waals surface area (Å²) in [6, 6.07) is 27.4. The molecule has 0 fully saturated rings. The summed E-state index contributed by atoms with van der Waals surface area (Å²) >= 11 is 0. The van der Waals surface area contributed by atoms with Gasteiger partial charge in [-0.1, -0.05) is 83.9 Å². The van der Waals surface area contributed by atoms with Crippen molar-refractivity contribution in [2.24, 2.45) is 0 Å². The number of aryl methyl sites for hydroxylation is 2. The van der Waals surface area contributed by atoms with Gasteiger partial charge in [0.05, 0.1) is 10.6 Å². The van der Waals surface area contributed by atoms with Gasteiger partial charge in [0, 0.05) is 24.1 Å². The van der Waals surface area contributed by atoms with Gasteiger partial charge < -0.3 is 10.2 Å². The summed E-state index contributed by atoms with van der Waals surface area (Å²) in [5, 5.41) is 2.97. The highest BCUT2D eigenvalue weighted by atomic mass is 32.2. The van der Waals surface area contributed by atoms with Gasteiger partial charge in [0.25, 0.3) is 10.0 Å². The highest BCUT2D eigenvalue weighted by Gasteiger charge is 2.36. The predicted molar refractivity (Wildman–Crippen MR) is 176 cm³/mol. The first-order valence-corrected chi connectivity index (χ1v) is 16.2. The van der Waals surface area contributed by atoms with Crippen molar-refractivity contribution in [3.63, 3.8) is 0 Å². The van der Waals surface area contributed by atoms with Gasteiger partial charge in [-0.2, -0.15) is 0 Å². The maximum atomic E-state index is 15.0. The maximum absolute atomic E-state index is 15.0. The van der Waals surface area contributed by atoms with Gasteiger partial charge in [-0.05, 0) is 70.5 Å². The van der Waals surface area contributed by atoms with E-state index in [2.05, 4.69) is 5.32 Å². The second-order valence-electron chi connectivity index (χ2n) is 12.2. The summed E-state index contributed by atoms with van der Waals surface area (Å²) in [6.07, 6.45) is 0.137. The van der Waals surface area contributed by atoms with E-state index in [1.165, 1.54) is 23.1 Å². The first-order chi connectivity index (χ1) is 21.2. The van der Waals surface area contributed by atoms with Gasteiger partial charge in [0.15, 0.2) is 0 Å². The van der Waals surface area contributed by atoms with Crippen LogP contribution in [0.1, 0.15) is 43.0 Å². The van der Waals surface area contributed by atoms with E-state index in [1.807, 2.05) is 65.0 Å². The van der Waals surface area contributed by atoms with Crippen molar-refractivity contribution in [3.05, 3.63) is 131 Å². The third kappa shape index (κ3) is 8.79. The largest absolute Gasteiger partial charge is 0.350 e. The lowest BCUT2D eigenvalue weighted by Crippen LogP contribution is -2.56. The number of carbonyl (C=O) groups excluding carboxylic acids is 2. The van der Waals surface area contributed by atoms with E-state index in [-0.39, 0.29) is 23.4 Å². The molecule has 0 aliphatic rings. The molecule has 45 heavy (non-hydrogen) atoms. The highest BCUT2D eigenvalue weighted by molar-refractivity contribution is 7.92. The molecule has 9 heteroatoms. The third-order valence-corrected chi connectivity index (χ3v) is 9.07. The van der Waals surface area contributed by atoms with Crippen LogP contribution in [0.5, 0.6) is 0 Å². The zero-order valence-electron chi connectivity index (χ0n) is 26.3. The quantitative estimate of drug-likeness (QED) is 0.214. The fraction of sp³-hybridized carbons (Fsp3) is 0.278. The molecule has 0 radical (unpaired) electrons. The molecule has 4 rings (SSSR count). The number of anilines is 1. The molecule has 0 bridgehead atoms. The van der Waals surface area contributed by atoms with Crippen molar-refractivity contribution in [2.75, 3.05) is 10.8 Å². The zero-order valence-corrected chi connectivity index (χ0v) is 27.1. The van der Waals surface area contributed by atoms with E-state index in [9.17, 15) is 18.0 Å². The summed E-state index contributed by atoms with van der Waals surface area (Å²) in [7, 11) is -4.22. The molecule has 1 N–H and O–H groups in total. The number of nitrogens with zero attached hydrogens (tertiary/aromatic N) is 2. The van der Waals surface area contributed by atoms with Gasteiger partial charge in [0.2, 0.25) is 11.8 Å². The molecule has 0 heterocycles. The SMILES string of the molecule is Cc1ccc(N(CC(=O)N(Cc2ccccc2F)C(Cc2ccccc2)C(=O)NC(C)(C)C)S(=O)(=O)c2ccc(C)cc2)cc1. The van der Waals surface area contributed by atoms with Crippen LogP contribution in [-0.4, -0.2) is 43.3 Å². The van der Waals surface area contributed by atoms with Crippen LogP contribution in [0.15, 0.2) is 108 Å². The zero-order chi connectivity index (χ0) is 32.8. The minimum Gasteiger partial charge on any atom is -0.350 e. The molecule has 236 valence electrons. The lowest BCUT2D eigenvalue weighted by molar-refractivity contribution is -0.140. The normalized spacial score (nSPS) is 12.3. The highest BCUT2D eigenvalue weighted by Crippen LogP contribution is 2.26. The Kier molecular flexibility index (Phi) is 10.4. The van der Waals surface area contributed by atoms with E-state index in [0.717, 1.165) is 21.0 Å². The molecule has 0 saturated heterocycles. The Bertz CT molecular complexity index is 1720. The van der Waals surface area contributed by atoms with Crippen molar-refractivity contribution < 1.29 is 22.4 Å². The van der Waals surface area contributed by atoms with E-state index in [0.29, 0.717) is 5.69 Å². The molecule has 4 aromatic carbocycles. The Morgan fingerprint density at radius 2 is 1.36 bits per heavy atom. The van der Waals surface area contributed by atoms with Crippen LogP contribution >= 0.6 is 0 Å². The standard InChI is InChI=1S/C36H40FN3O4S/c1-26-15-19-30(20-16-26)40(45(43,44)31-21-17-27(2)18-22-31)25-34(41)39(24-29-13-9-10-14-32(29)37)33(35(42)38-36(3,4)5)23-28-11-7-6-8-12-28/h6-22,33H,23-25H2,1-5H3,(H,38,42). The number of hydrogen-bond acceptors (Lipinski definition) is 4. The van der Waals surface area contributed by atoms with Crippen molar-refractivity contribution in [3.8, 4) is 0 Å². The molecule has 1 unspecified atom stereocenters. The number of carbonyl (C=O) groups is 2. The first-order valence-electron chi connectivity index (χ1n) is 14.8. The van der Waals surface area contributed by atoms with Crippen LogP contribution < -0.4 is 9.62 Å². The summed E-state index contributed by atoms with van der Waals surface area (Å²) in [6.45, 7) is 8.39. The Labute approximate surface area is 265 Å². The second-order valence-corrected chi connectivity index (χ2v) is 14.1. The van der Waals surface area contributed by atoms with Gasteiger partial charge in [-0.3, -0.25) is 13.9 Å². The fourth-order valence-electron chi connectivity index (χ4n) is 4.89. The number of halogens is 1. The van der Waals surface area contributed by atoms with E-state index >= 15 is 4.39 Å². The van der Waals surface area contributed by atoms with Crippen LogP contribution in [-0.2, 0) is 32.6 Å². The van der Waals surface area contributed by atoms with Gasteiger partial charge in [0.1, 0.15) is 18.4 Å². The summed E-state index contributed by atoms with van der Waals surface area (Å²) in [4.78, 5) is 29.7. The Morgan fingerprint density at radius 1 is 0.800 bits per heavy atom. The summed E-state index contributed by atoms with van der Waals surface area (Å²) < 4.78 is 44.3. The Hall–Kier alpha value is -4.50. The van der Waals surface area contributed by atoms with Gasteiger partial charge in [-0.25, -0.2) is 12.8 Å². The Morgan fingerprint density at radius 3 is 1.93 bits per heavy atom. The molecule has 0 aliphatic heterocycles. The molecular formula is C36H40FN3O4S. The van der Waals surface area contributed by atoms with Crippen molar-refractivity contribution >= 4 is 27.5 Å². The average molecular weight is 630 g/mol. The lowest BCUT2D eigenvalue weighted by Gasteiger charge is -2.35. The lowest BCUT2D eigenvalue weighted by atomic mass is 10.0. The van der Waals surface area contributed by atoms with E-state index < -0.39 is 45.8 Å². The predicted octanol–water partition coefficient (Wildman–Crippen LogP) is 6.19. The number of sulfonamides is 1. The molecule has 0 saturated carbocycles. The Balaban J connectivity index is 1.82. The summed E-state index contributed by atoms with van der Waals surface area (Å²) in [5.41, 5.74) is 2.47. The van der Waals surface area contributed by atoms with Crippen LogP contribution in [0, 0.1) is 19.7 Å². The number of benzene rings is 4. The molecule has 7 nitrogen and oxygen atoms in total. The van der Waals surface area contributed by atoms with Crippen molar-refractivity contribution in [1.29, 1.82) is 0 Å². The number of nitrogens with one attached hydrogen (secondary N) is 1. The minimum atomic E-state index is -4.22. The first kappa shape index (κ1) is 33.4. The van der Waals surface area contributed by atoms with Crippen LogP contribution in [0.3, 0.4) is 0 Å². The van der Waals surface area contributed by atoms with Crippen LogP contribution in [0.25, 0.3) is 0 Å². The van der Waals surface area contributed by atoms with Gasteiger partial charge in [-0.15, -0.1) is 0 Å². The number of rotatable bonds is 11. The van der Waals surface area contributed by atoms with Gasteiger partial charge >= 0.3 is 0 Å². The molecule has 1 atom stereocenters. The summed E-state index contributed by atoms with van der Waals surface area (Å²) in [5.74, 6) is -1.62. The molecule has 4 aromatic rings. The smallest absolute Gasteiger partial charge is 0.264 e. The average Bonchev–Trinajstić information content (AvgIpc) is 2.99. The van der Waals surface area contributed by atoms with Crippen LogP contribution in [0.2, 0.25) is 0 Å². The van der Waals surface area contributed by atoms with E-state index in [4.69, 9.17) is 0 Å². The number of amides is 2. The third-order valence-electron chi connectivity index (χ3n) is 7.28. The number of hydrogen-bond donors (Lipinski definition) is 1. The van der Waals surface area contributed by atoms with Crippen LogP contribution in [0.4, 0.5) is 10.1 Å². The molecule has 0 spiro atoms. The van der Waals surface area contributed by atoms with Crippen molar-refractivity contribution in [2.45, 2.75) is 64.1 Å². The molecular weight excluding hydrogens is 589 g/mol.